The highest BCUT2D eigenvalue weighted by atomic mass is 32.2. The van der Waals surface area contributed by atoms with E-state index in [2.05, 4.69) is 76.9 Å². The number of benzene rings is 2. The van der Waals surface area contributed by atoms with Crippen molar-refractivity contribution in [2.24, 2.45) is 0 Å². The lowest BCUT2D eigenvalue weighted by Crippen LogP contribution is -2.10. The zero-order valence-electron chi connectivity index (χ0n) is 18.4. The van der Waals surface area contributed by atoms with Gasteiger partial charge in [0.05, 0.1) is 5.75 Å². The van der Waals surface area contributed by atoms with Crippen LogP contribution in [0.25, 0.3) is 11.5 Å². The number of aromatic nitrogens is 5. The quantitative estimate of drug-likeness (QED) is 0.357. The molecule has 31 heavy (non-hydrogen) atoms. The smallest absolute Gasteiger partial charge is 0.247 e. The fraction of sp³-hybridized carbons (Fsp3) is 0.333. The second kappa shape index (κ2) is 9.06. The first-order valence-corrected chi connectivity index (χ1v) is 11.4. The lowest BCUT2D eigenvalue weighted by atomic mass is 9.87. The van der Waals surface area contributed by atoms with Gasteiger partial charge in [-0.1, -0.05) is 75.0 Å². The van der Waals surface area contributed by atoms with E-state index < -0.39 is 0 Å². The third-order valence-corrected chi connectivity index (χ3v) is 6.06. The Balaban J connectivity index is 1.43. The molecule has 0 aliphatic heterocycles. The molecule has 0 bridgehead atoms. The van der Waals surface area contributed by atoms with Crippen LogP contribution in [-0.2, 0) is 24.1 Å². The Kier molecular flexibility index (Phi) is 6.23. The highest BCUT2D eigenvalue weighted by molar-refractivity contribution is 7.98. The van der Waals surface area contributed by atoms with E-state index in [9.17, 15) is 0 Å². The highest BCUT2D eigenvalue weighted by Crippen LogP contribution is 2.27. The minimum Gasteiger partial charge on any atom is -0.420 e. The summed E-state index contributed by atoms with van der Waals surface area (Å²) in [6, 6.07) is 18.6. The van der Waals surface area contributed by atoms with Gasteiger partial charge in [0.1, 0.15) is 5.82 Å². The molecule has 0 amide bonds. The Morgan fingerprint density at radius 2 is 1.65 bits per heavy atom. The molecule has 0 aliphatic rings. The molecule has 2 aromatic carbocycles. The van der Waals surface area contributed by atoms with Gasteiger partial charge in [-0.15, -0.1) is 20.4 Å². The van der Waals surface area contributed by atoms with E-state index in [4.69, 9.17) is 4.42 Å². The zero-order chi connectivity index (χ0) is 21.8. The van der Waals surface area contributed by atoms with Crippen molar-refractivity contribution < 1.29 is 4.42 Å². The van der Waals surface area contributed by atoms with E-state index >= 15 is 0 Å². The minimum atomic E-state index is 0.115. The van der Waals surface area contributed by atoms with Gasteiger partial charge in [0.2, 0.25) is 11.8 Å². The van der Waals surface area contributed by atoms with E-state index in [1.54, 1.807) is 11.8 Å². The van der Waals surface area contributed by atoms with Crippen molar-refractivity contribution in [3.63, 3.8) is 0 Å². The van der Waals surface area contributed by atoms with E-state index in [0.29, 0.717) is 17.5 Å². The highest BCUT2D eigenvalue weighted by Gasteiger charge is 2.16. The van der Waals surface area contributed by atoms with Crippen molar-refractivity contribution >= 4 is 11.8 Å². The van der Waals surface area contributed by atoms with Gasteiger partial charge >= 0.3 is 0 Å². The van der Waals surface area contributed by atoms with Crippen LogP contribution in [0.15, 0.2) is 64.2 Å². The summed E-state index contributed by atoms with van der Waals surface area (Å²) in [5, 5.41) is 18.1. The summed E-state index contributed by atoms with van der Waals surface area (Å²) < 4.78 is 8.03. The van der Waals surface area contributed by atoms with Crippen molar-refractivity contribution in [2.45, 2.75) is 57.0 Å². The molecule has 4 rings (SSSR count). The van der Waals surface area contributed by atoms with E-state index in [1.807, 2.05) is 30.3 Å². The summed E-state index contributed by atoms with van der Waals surface area (Å²) >= 11 is 1.56. The maximum atomic E-state index is 5.89. The van der Waals surface area contributed by atoms with Crippen LogP contribution in [0.5, 0.6) is 0 Å². The monoisotopic (exact) mass is 433 g/mol. The molecule has 0 atom stereocenters. The van der Waals surface area contributed by atoms with Crippen LogP contribution in [0.3, 0.4) is 0 Å². The first kappa shape index (κ1) is 21.3. The second-order valence-corrected chi connectivity index (χ2v) is 9.36. The summed E-state index contributed by atoms with van der Waals surface area (Å²) in [5.74, 6) is 2.63. The van der Waals surface area contributed by atoms with Gasteiger partial charge in [0.15, 0.2) is 5.16 Å². The maximum absolute atomic E-state index is 5.89. The molecule has 0 unspecified atom stereocenters. The molecule has 0 saturated heterocycles. The Hall–Kier alpha value is -2.93. The Labute approximate surface area is 187 Å². The summed E-state index contributed by atoms with van der Waals surface area (Å²) in [4.78, 5) is 0. The van der Waals surface area contributed by atoms with E-state index in [0.717, 1.165) is 29.5 Å². The van der Waals surface area contributed by atoms with Crippen LogP contribution in [0.2, 0.25) is 0 Å². The lowest BCUT2D eigenvalue weighted by Gasteiger charge is -2.18. The van der Waals surface area contributed by atoms with Gasteiger partial charge in [0.25, 0.3) is 0 Å². The predicted molar refractivity (Wildman–Crippen MR) is 123 cm³/mol. The van der Waals surface area contributed by atoms with Gasteiger partial charge in [-0.2, -0.15) is 0 Å². The Morgan fingerprint density at radius 3 is 2.32 bits per heavy atom. The molecule has 4 aromatic rings. The summed E-state index contributed by atoms with van der Waals surface area (Å²) in [6.45, 7) is 9.51. The number of hydrogen-bond acceptors (Lipinski definition) is 6. The molecule has 6 nitrogen and oxygen atoms in total. The normalized spacial score (nSPS) is 11.7. The van der Waals surface area contributed by atoms with Crippen LogP contribution in [0.4, 0.5) is 0 Å². The summed E-state index contributed by atoms with van der Waals surface area (Å²) in [6.07, 6.45) is 0.761. The summed E-state index contributed by atoms with van der Waals surface area (Å²) in [5.41, 5.74) is 3.54. The molecular formula is C24H27N5OS. The van der Waals surface area contributed by atoms with Crippen molar-refractivity contribution in [3.05, 3.63) is 77.4 Å². The first-order valence-electron chi connectivity index (χ1n) is 10.5. The van der Waals surface area contributed by atoms with Crippen LogP contribution in [0, 0.1) is 0 Å². The molecule has 0 aliphatic carbocycles. The Morgan fingerprint density at radius 1 is 0.903 bits per heavy atom. The van der Waals surface area contributed by atoms with Gasteiger partial charge in [-0.25, -0.2) is 0 Å². The molecule has 0 N–H and O–H groups in total. The van der Waals surface area contributed by atoms with Crippen LogP contribution in [-0.4, -0.2) is 25.0 Å². The van der Waals surface area contributed by atoms with Crippen LogP contribution < -0.4 is 0 Å². The van der Waals surface area contributed by atoms with Crippen LogP contribution >= 0.6 is 11.8 Å². The number of nitrogens with zero attached hydrogens (tertiary/aromatic N) is 5. The molecule has 160 valence electrons. The number of hydrogen-bond donors (Lipinski definition) is 0. The minimum absolute atomic E-state index is 0.115. The predicted octanol–water partition coefficient (Wildman–Crippen LogP) is 5.53. The second-order valence-electron chi connectivity index (χ2n) is 8.42. The first-order chi connectivity index (χ1) is 14.9. The van der Waals surface area contributed by atoms with Crippen molar-refractivity contribution in [3.8, 4) is 11.5 Å². The van der Waals surface area contributed by atoms with Gasteiger partial charge < -0.3 is 8.98 Å². The van der Waals surface area contributed by atoms with E-state index in [-0.39, 0.29) is 5.41 Å². The third kappa shape index (κ3) is 5.05. The van der Waals surface area contributed by atoms with Gasteiger partial charge in [-0.3, -0.25) is 0 Å². The molecule has 0 spiro atoms. The topological polar surface area (TPSA) is 69.6 Å². The molecule has 7 heteroatoms. The molecule has 0 saturated carbocycles. The zero-order valence-corrected chi connectivity index (χ0v) is 19.2. The number of thioether (sulfide) groups is 1. The van der Waals surface area contributed by atoms with Crippen LogP contribution in [0.1, 0.15) is 50.5 Å². The van der Waals surface area contributed by atoms with Crippen molar-refractivity contribution in [1.82, 2.24) is 25.0 Å². The molecule has 2 aromatic heterocycles. The third-order valence-electron chi connectivity index (χ3n) is 5.10. The molecule has 0 radical (unpaired) electrons. The molecule has 0 fully saturated rings. The van der Waals surface area contributed by atoms with Gasteiger partial charge in [-0.05, 0) is 35.6 Å². The van der Waals surface area contributed by atoms with Crippen molar-refractivity contribution in [1.29, 1.82) is 0 Å². The fourth-order valence-electron chi connectivity index (χ4n) is 3.32. The van der Waals surface area contributed by atoms with E-state index in [1.165, 1.54) is 11.1 Å². The standard InChI is InChI=1S/C24H27N5OS/c1-5-29-20(15-17-9-7-6-8-10-17)25-28-23(29)31-16-21-26-27-22(30-21)18-11-13-19(14-12-18)24(2,3)4/h6-14H,5,15-16H2,1-4H3. The average molecular weight is 434 g/mol. The van der Waals surface area contributed by atoms with Gasteiger partial charge in [0, 0.05) is 18.5 Å². The number of rotatable bonds is 7. The fourth-order valence-corrected chi connectivity index (χ4v) is 4.18. The molecular weight excluding hydrogens is 406 g/mol. The maximum Gasteiger partial charge on any atom is 0.247 e. The summed E-state index contributed by atoms with van der Waals surface area (Å²) in [7, 11) is 0. The average Bonchev–Trinajstić information content (AvgIpc) is 3.39. The lowest BCUT2D eigenvalue weighted by molar-refractivity contribution is 0.527. The SMILES string of the molecule is CCn1c(Cc2ccccc2)nnc1SCc1nnc(-c2ccc(C(C)(C)C)cc2)o1. The largest absolute Gasteiger partial charge is 0.420 e. The molecule has 2 heterocycles. The Bertz CT molecular complexity index is 1130. The van der Waals surface area contributed by atoms with Crippen molar-refractivity contribution in [2.75, 3.05) is 0 Å².